The van der Waals surface area contributed by atoms with Crippen LogP contribution in [0.25, 0.3) is 0 Å². The first kappa shape index (κ1) is 17.7. The maximum atomic E-state index is 11.8. The second-order valence-corrected chi connectivity index (χ2v) is 7.10. The lowest BCUT2D eigenvalue weighted by atomic mass is 10.2. The summed E-state index contributed by atoms with van der Waals surface area (Å²) in [6.45, 7) is -0.444. The van der Waals surface area contributed by atoms with Crippen molar-refractivity contribution in [3.8, 4) is 0 Å². The lowest BCUT2D eigenvalue weighted by Gasteiger charge is -2.07. The van der Waals surface area contributed by atoms with Gasteiger partial charge >= 0.3 is 5.97 Å². The topological polar surface area (TPSA) is 103 Å². The summed E-state index contributed by atoms with van der Waals surface area (Å²) in [7, 11) is -3.36. The fourth-order valence-corrected chi connectivity index (χ4v) is 2.57. The number of benzene rings is 1. The molecule has 128 valence electrons. The zero-order chi connectivity index (χ0) is 17.6. The van der Waals surface area contributed by atoms with E-state index in [9.17, 15) is 18.0 Å². The fraction of sp³-hybridized carbons (Fsp3) is 0.250. The van der Waals surface area contributed by atoms with Gasteiger partial charge in [-0.25, -0.2) is 8.42 Å². The predicted molar refractivity (Wildman–Crippen MR) is 86.2 cm³/mol. The molecule has 2 rings (SSSR count). The highest BCUT2D eigenvalue weighted by Crippen LogP contribution is 2.15. The summed E-state index contributed by atoms with van der Waals surface area (Å²) in [6, 6.07) is 9.30. The Hall–Kier alpha value is -2.61. The van der Waals surface area contributed by atoms with Gasteiger partial charge < -0.3 is 14.5 Å². The number of sulfone groups is 1. The minimum absolute atomic E-state index is 0.0933. The fourth-order valence-electron chi connectivity index (χ4n) is 1.90. The maximum absolute atomic E-state index is 11.8. The molecule has 0 saturated carbocycles. The maximum Gasteiger partial charge on any atom is 0.306 e. The van der Waals surface area contributed by atoms with Crippen molar-refractivity contribution in [1.29, 1.82) is 0 Å². The Labute approximate surface area is 139 Å². The van der Waals surface area contributed by atoms with E-state index in [1.807, 2.05) is 0 Å². The monoisotopic (exact) mass is 351 g/mol. The summed E-state index contributed by atoms with van der Waals surface area (Å²) < 4.78 is 32.9. The Morgan fingerprint density at radius 1 is 1.21 bits per heavy atom. The molecule has 0 aliphatic heterocycles. The van der Waals surface area contributed by atoms with E-state index >= 15 is 0 Å². The number of esters is 1. The van der Waals surface area contributed by atoms with Crippen LogP contribution in [0.1, 0.15) is 12.2 Å². The van der Waals surface area contributed by atoms with Crippen LogP contribution in [0.5, 0.6) is 0 Å². The van der Waals surface area contributed by atoms with E-state index in [-0.39, 0.29) is 11.3 Å². The van der Waals surface area contributed by atoms with Gasteiger partial charge in [0.05, 0.1) is 17.6 Å². The Morgan fingerprint density at radius 3 is 2.67 bits per heavy atom. The first-order chi connectivity index (χ1) is 11.3. The zero-order valence-corrected chi connectivity index (χ0v) is 13.8. The number of hydrogen-bond acceptors (Lipinski definition) is 6. The third kappa shape index (κ3) is 5.54. The molecule has 1 amide bonds. The van der Waals surface area contributed by atoms with Gasteiger partial charge in [0.1, 0.15) is 5.76 Å². The van der Waals surface area contributed by atoms with Crippen molar-refractivity contribution in [3.63, 3.8) is 0 Å². The molecular weight excluding hydrogens is 334 g/mol. The lowest BCUT2D eigenvalue weighted by molar-refractivity contribution is -0.147. The first-order valence-electron chi connectivity index (χ1n) is 7.12. The van der Waals surface area contributed by atoms with Crippen LogP contribution < -0.4 is 5.32 Å². The van der Waals surface area contributed by atoms with Gasteiger partial charge in [-0.05, 0) is 30.3 Å². The molecule has 1 heterocycles. The smallest absolute Gasteiger partial charge is 0.306 e. The normalized spacial score (nSPS) is 11.0. The van der Waals surface area contributed by atoms with Gasteiger partial charge in [-0.1, -0.05) is 6.07 Å². The third-order valence-electron chi connectivity index (χ3n) is 3.07. The van der Waals surface area contributed by atoms with Crippen LogP contribution in [0.2, 0.25) is 0 Å². The molecule has 24 heavy (non-hydrogen) atoms. The quantitative estimate of drug-likeness (QED) is 0.763. The summed E-state index contributed by atoms with van der Waals surface area (Å²) in [6.07, 6.45) is 3.09. The van der Waals surface area contributed by atoms with E-state index in [0.717, 1.165) is 6.26 Å². The lowest BCUT2D eigenvalue weighted by Crippen LogP contribution is -2.21. The first-order valence-corrected chi connectivity index (χ1v) is 9.02. The molecule has 0 aliphatic rings. The van der Waals surface area contributed by atoms with Crippen LogP contribution in [0, 0.1) is 0 Å². The molecule has 1 N–H and O–H groups in total. The van der Waals surface area contributed by atoms with Gasteiger partial charge in [0.2, 0.25) is 0 Å². The molecule has 0 fully saturated rings. The van der Waals surface area contributed by atoms with Gasteiger partial charge in [0, 0.05) is 18.4 Å². The van der Waals surface area contributed by atoms with Crippen molar-refractivity contribution in [2.45, 2.75) is 17.7 Å². The van der Waals surface area contributed by atoms with Crippen molar-refractivity contribution in [1.82, 2.24) is 0 Å². The molecule has 1 aromatic heterocycles. The summed E-state index contributed by atoms with van der Waals surface area (Å²) in [4.78, 5) is 23.4. The average molecular weight is 351 g/mol. The minimum Gasteiger partial charge on any atom is -0.469 e. The molecule has 1 aromatic carbocycles. The minimum atomic E-state index is -3.36. The Balaban J connectivity index is 1.80. The van der Waals surface area contributed by atoms with E-state index in [0.29, 0.717) is 17.9 Å². The SMILES string of the molecule is CS(=O)(=O)c1cccc(NC(=O)COC(=O)CCc2ccco2)c1. The van der Waals surface area contributed by atoms with Crippen molar-refractivity contribution >= 4 is 27.4 Å². The van der Waals surface area contributed by atoms with Crippen molar-refractivity contribution in [3.05, 3.63) is 48.4 Å². The standard InChI is InChI=1S/C16H17NO6S/c1-24(20,21)14-6-2-4-12(10-14)17-15(18)11-23-16(19)8-7-13-5-3-9-22-13/h2-6,9-10H,7-8,11H2,1H3,(H,17,18). The highest BCUT2D eigenvalue weighted by Gasteiger charge is 2.11. The predicted octanol–water partition coefficient (Wildman–Crippen LogP) is 1.80. The molecule has 0 radical (unpaired) electrons. The molecule has 0 saturated heterocycles. The zero-order valence-electron chi connectivity index (χ0n) is 13.0. The molecule has 0 unspecified atom stereocenters. The van der Waals surface area contributed by atoms with E-state index in [2.05, 4.69) is 5.32 Å². The molecule has 0 spiro atoms. The van der Waals surface area contributed by atoms with Gasteiger partial charge in [0.15, 0.2) is 16.4 Å². The van der Waals surface area contributed by atoms with Gasteiger partial charge in [0.25, 0.3) is 5.91 Å². The number of rotatable bonds is 7. The number of amides is 1. The number of hydrogen-bond donors (Lipinski definition) is 1. The number of ether oxygens (including phenoxy) is 1. The Morgan fingerprint density at radius 2 is 2.00 bits per heavy atom. The van der Waals surface area contributed by atoms with Crippen LogP contribution in [0.15, 0.2) is 52.0 Å². The molecule has 0 atom stereocenters. The highest BCUT2D eigenvalue weighted by atomic mass is 32.2. The average Bonchev–Trinajstić information content (AvgIpc) is 3.04. The number of furan rings is 1. The second kappa shape index (κ2) is 7.78. The van der Waals surface area contributed by atoms with Crippen molar-refractivity contribution in [2.24, 2.45) is 0 Å². The van der Waals surface area contributed by atoms with Crippen LogP contribution in [0.3, 0.4) is 0 Å². The molecule has 0 aliphatic carbocycles. The molecule has 8 heteroatoms. The van der Waals surface area contributed by atoms with Crippen molar-refractivity contribution in [2.75, 3.05) is 18.2 Å². The third-order valence-corrected chi connectivity index (χ3v) is 4.18. The van der Waals surface area contributed by atoms with Gasteiger partial charge in [-0.3, -0.25) is 9.59 Å². The number of aryl methyl sites for hydroxylation is 1. The Bertz CT molecular complexity index is 811. The largest absolute Gasteiger partial charge is 0.469 e. The molecule has 0 bridgehead atoms. The van der Waals surface area contributed by atoms with Gasteiger partial charge in [-0.2, -0.15) is 0 Å². The van der Waals surface area contributed by atoms with E-state index < -0.39 is 28.3 Å². The number of nitrogens with one attached hydrogen (secondary N) is 1. The van der Waals surface area contributed by atoms with Gasteiger partial charge in [-0.15, -0.1) is 0 Å². The van der Waals surface area contributed by atoms with Crippen LogP contribution in [-0.2, 0) is 30.6 Å². The van der Waals surface area contributed by atoms with Crippen LogP contribution in [0.4, 0.5) is 5.69 Å². The van der Waals surface area contributed by atoms with E-state index in [1.54, 1.807) is 18.2 Å². The number of carbonyl (C=O) groups excluding carboxylic acids is 2. The highest BCUT2D eigenvalue weighted by molar-refractivity contribution is 7.90. The van der Waals surface area contributed by atoms with E-state index in [1.165, 1.54) is 24.5 Å². The summed E-state index contributed by atoms with van der Waals surface area (Å²) in [5.41, 5.74) is 0.314. The number of anilines is 1. The van der Waals surface area contributed by atoms with Crippen LogP contribution >= 0.6 is 0 Å². The van der Waals surface area contributed by atoms with Crippen LogP contribution in [-0.4, -0.2) is 33.2 Å². The molecule has 2 aromatic rings. The van der Waals surface area contributed by atoms with Crippen molar-refractivity contribution < 1.29 is 27.2 Å². The van der Waals surface area contributed by atoms with E-state index in [4.69, 9.17) is 9.15 Å². The molecule has 7 nitrogen and oxygen atoms in total. The summed E-state index contributed by atoms with van der Waals surface area (Å²) in [5, 5.41) is 2.48. The molecular formula is C16H17NO6S. The summed E-state index contributed by atoms with van der Waals surface area (Å²) in [5.74, 6) is -0.410. The Kier molecular flexibility index (Phi) is 5.75. The second-order valence-electron chi connectivity index (χ2n) is 5.09. The summed E-state index contributed by atoms with van der Waals surface area (Å²) >= 11 is 0. The number of carbonyl (C=O) groups is 2.